The summed E-state index contributed by atoms with van der Waals surface area (Å²) in [5, 5.41) is -0.461. The molecule has 0 aliphatic heterocycles. The highest BCUT2D eigenvalue weighted by Crippen LogP contribution is 2.38. The van der Waals surface area contributed by atoms with Gasteiger partial charge in [-0.3, -0.25) is 4.79 Å². The van der Waals surface area contributed by atoms with E-state index in [0.717, 1.165) is 0 Å². The van der Waals surface area contributed by atoms with Gasteiger partial charge in [0.15, 0.2) is 0 Å². The van der Waals surface area contributed by atoms with Gasteiger partial charge in [-0.1, -0.05) is 40.2 Å². The lowest BCUT2D eigenvalue weighted by atomic mass is 10.0. The largest absolute Gasteiger partial charge is 0.281 e. The third kappa shape index (κ3) is 2.08. The molecule has 0 saturated heterocycles. The van der Waals surface area contributed by atoms with E-state index in [4.69, 9.17) is 23.2 Å². The molecule has 0 aromatic carbocycles. The molecule has 0 bridgehead atoms. The number of halogens is 3. The van der Waals surface area contributed by atoms with Gasteiger partial charge in [-0.05, 0) is 11.6 Å². The van der Waals surface area contributed by atoms with Gasteiger partial charge in [-0.2, -0.15) is 0 Å². The monoisotopic (exact) mass is 254 g/mol. The van der Waals surface area contributed by atoms with Crippen molar-refractivity contribution in [2.45, 2.75) is 3.78 Å². The Hall–Kier alpha value is 0.210. The molecule has 0 aromatic heterocycles. The number of allylic oxidation sites excluding steroid dienone is 4. The first-order chi connectivity index (χ1) is 5.04. The molecule has 1 nitrogen and oxygen atoms in total. The Labute approximate surface area is 83.2 Å². The molecule has 0 radical (unpaired) electrons. The van der Waals surface area contributed by atoms with Gasteiger partial charge in [0.2, 0.25) is 5.24 Å². The summed E-state index contributed by atoms with van der Waals surface area (Å²) >= 11 is 14.4. The Bertz CT molecular complexity index is 233. The molecule has 0 spiro atoms. The average molecular weight is 256 g/mol. The molecule has 60 valence electrons. The molecule has 0 amide bonds. The summed E-state index contributed by atoms with van der Waals surface area (Å²) in [4.78, 5) is 10.8. The van der Waals surface area contributed by atoms with Crippen LogP contribution in [0.15, 0.2) is 24.3 Å². The van der Waals surface area contributed by atoms with Crippen LogP contribution in [0.25, 0.3) is 0 Å². The standard InChI is InChI=1S/C7H5BrCl2O/c8-7(10)4-2-1-3-5(7)6(9)11/h1-5H. The van der Waals surface area contributed by atoms with Gasteiger partial charge in [-0.25, -0.2) is 0 Å². The minimum atomic E-state index is -0.847. The normalized spacial score (nSPS) is 35.7. The molecule has 1 aliphatic rings. The van der Waals surface area contributed by atoms with Crippen molar-refractivity contribution in [3.05, 3.63) is 24.3 Å². The summed E-state index contributed by atoms with van der Waals surface area (Å²) in [5.41, 5.74) is 0. The molecule has 2 atom stereocenters. The fourth-order valence-corrected chi connectivity index (χ4v) is 2.01. The number of carbonyl (C=O) groups excluding carboxylic acids is 1. The molecule has 11 heavy (non-hydrogen) atoms. The van der Waals surface area contributed by atoms with Crippen LogP contribution in [-0.4, -0.2) is 9.03 Å². The van der Waals surface area contributed by atoms with E-state index < -0.39 is 14.9 Å². The van der Waals surface area contributed by atoms with Crippen LogP contribution in [0.4, 0.5) is 0 Å². The fourth-order valence-electron chi connectivity index (χ4n) is 0.818. The van der Waals surface area contributed by atoms with Crippen molar-refractivity contribution in [2.75, 3.05) is 0 Å². The van der Waals surface area contributed by atoms with Gasteiger partial charge >= 0.3 is 0 Å². The van der Waals surface area contributed by atoms with Crippen LogP contribution in [-0.2, 0) is 4.79 Å². The van der Waals surface area contributed by atoms with Gasteiger partial charge in [0.05, 0.1) is 5.92 Å². The van der Waals surface area contributed by atoms with Crippen molar-refractivity contribution in [1.82, 2.24) is 0 Å². The number of alkyl halides is 2. The number of hydrogen-bond acceptors (Lipinski definition) is 1. The minimum Gasteiger partial charge on any atom is -0.281 e. The maximum Gasteiger partial charge on any atom is 0.231 e. The summed E-state index contributed by atoms with van der Waals surface area (Å²) in [7, 11) is 0. The van der Waals surface area contributed by atoms with E-state index in [1.54, 1.807) is 24.3 Å². The Morgan fingerprint density at radius 1 is 1.55 bits per heavy atom. The van der Waals surface area contributed by atoms with Crippen molar-refractivity contribution in [3.8, 4) is 0 Å². The van der Waals surface area contributed by atoms with Gasteiger partial charge < -0.3 is 0 Å². The summed E-state index contributed by atoms with van der Waals surface area (Å²) < 4.78 is -0.847. The zero-order valence-corrected chi connectivity index (χ0v) is 8.53. The first-order valence-electron chi connectivity index (χ1n) is 2.97. The molecule has 2 unspecified atom stereocenters. The van der Waals surface area contributed by atoms with Crippen LogP contribution in [0.2, 0.25) is 0 Å². The molecular weight excluding hydrogens is 251 g/mol. The predicted molar refractivity (Wildman–Crippen MR) is 50.1 cm³/mol. The van der Waals surface area contributed by atoms with Gasteiger partial charge in [0.25, 0.3) is 0 Å². The van der Waals surface area contributed by atoms with E-state index in [1.807, 2.05) is 0 Å². The lowest BCUT2D eigenvalue weighted by molar-refractivity contribution is -0.113. The van der Waals surface area contributed by atoms with Crippen molar-refractivity contribution in [3.63, 3.8) is 0 Å². The maximum atomic E-state index is 10.8. The molecule has 0 aromatic rings. The topological polar surface area (TPSA) is 17.1 Å². The first kappa shape index (κ1) is 9.30. The second-order valence-electron chi connectivity index (χ2n) is 2.20. The SMILES string of the molecule is O=C(Cl)C1C=CC=CC1(Cl)Br. The van der Waals surface area contributed by atoms with Crippen LogP contribution < -0.4 is 0 Å². The molecule has 4 heteroatoms. The number of hydrogen-bond donors (Lipinski definition) is 0. The van der Waals surface area contributed by atoms with Crippen LogP contribution in [0.3, 0.4) is 0 Å². The Kier molecular flexibility index (Phi) is 2.79. The number of rotatable bonds is 1. The van der Waals surface area contributed by atoms with E-state index in [9.17, 15) is 4.79 Å². The lowest BCUT2D eigenvalue weighted by Gasteiger charge is -2.23. The Balaban J connectivity index is 2.89. The van der Waals surface area contributed by atoms with E-state index in [0.29, 0.717) is 0 Å². The van der Waals surface area contributed by atoms with E-state index in [-0.39, 0.29) is 0 Å². The second-order valence-corrected chi connectivity index (χ2v) is 4.97. The van der Waals surface area contributed by atoms with Gasteiger partial charge in [0, 0.05) is 0 Å². The maximum absolute atomic E-state index is 10.8. The van der Waals surface area contributed by atoms with Crippen LogP contribution >= 0.6 is 39.1 Å². The highest BCUT2D eigenvalue weighted by atomic mass is 79.9. The summed E-state index contributed by atoms with van der Waals surface area (Å²) in [6, 6.07) is 0. The Morgan fingerprint density at radius 3 is 2.55 bits per heavy atom. The van der Waals surface area contributed by atoms with Crippen molar-refractivity contribution in [2.24, 2.45) is 5.92 Å². The van der Waals surface area contributed by atoms with E-state index in [2.05, 4.69) is 15.9 Å². The molecule has 1 aliphatic carbocycles. The van der Waals surface area contributed by atoms with Crippen LogP contribution in [0.5, 0.6) is 0 Å². The fraction of sp³-hybridized carbons (Fsp3) is 0.286. The zero-order valence-electron chi connectivity index (χ0n) is 5.43. The summed E-state index contributed by atoms with van der Waals surface area (Å²) in [5.74, 6) is -0.490. The molecular formula is C7H5BrCl2O. The van der Waals surface area contributed by atoms with E-state index in [1.165, 1.54) is 0 Å². The smallest absolute Gasteiger partial charge is 0.231 e. The second kappa shape index (κ2) is 3.30. The van der Waals surface area contributed by atoms with Crippen LogP contribution in [0, 0.1) is 5.92 Å². The Morgan fingerprint density at radius 2 is 2.18 bits per heavy atom. The van der Waals surface area contributed by atoms with Gasteiger partial charge in [0.1, 0.15) is 3.78 Å². The van der Waals surface area contributed by atoms with E-state index >= 15 is 0 Å². The summed E-state index contributed by atoms with van der Waals surface area (Å²) in [6.45, 7) is 0. The third-order valence-corrected chi connectivity index (χ3v) is 2.75. The molecule has 0 N–H and O–H groups in total. The van der Waals surface area contributed by atoms with Crippen molar-refractivity contribution in [1.29, 1.82) is 0 Å². The lowest BCUT2D eigenvalue weighted by Crippen LogP contribution is -2.27. The first-order valence-corrected chi connectivity index (χ1v) is 4.52. The average Bonchev–Trinajstić information content (AvgIpc) is 1.85. The minimum absolute atomic E-state index is 0.461. The highest BCUT2D eigenvalue weighted by Gasteiger charge is 2.35. The third-order valence-electron chi connectivity index (χ3n) is 1.39. The molecule has 0 saturated carbocycles. The molecule has 0 fully saturated rings. The van der Waals surface area contributed by atoms with Gasteiger partial charge in [-0.15, -0.1) is 11.6 Å². The number of carbonyl (C=O) groups is 1. The van der Waals surface area contributed by atoms with Crippen molar-refractivity contribution < 1.29 is 4.79 Å². The highest BCUT2D eigenvalue weighted by molar-refractivity contribution is 9.10. The molecule has 0 heterocycles. The van der Waals surface area contributed by atoms with Crippen molar-refractivity contribution >= 4 is 44.4 Å². The van der Waals surface area contributed by atoms with Crippen LogP contribution in [0.1, 0.15) is 0 Å². The summed E-state index contributed by atoms with van der Waals surface area (Å²) in [6.07, 6.45) is 6.85. The predicted octanol–water partition coefficient (Wildman–Crippen LogP) is 2.82. The quantitative estimate of drug-likeness (QED) is 0.520. The zero-order chi connectivity index (χ0) is 8.48. The molecule has 1 rings (SSSR count).